The van der Waals surface area contributed by atoms with Crippen molar-refractivity contribution in [3.05, 3.63) is 49.1 Å². The molecule has 5 heteroatoms. The summed E-state index contributed by atoms with van der Waals surface area (Å²) in [6.45, 7) is 0. The van der Waals surface area contributed by atoms with Crippen molar-refractivity contribution in [3.8, 4) is 0 Å². The number of hydrogen-bond donors (Lipinski definition) is 1. The topological polar surface area (TPSA) is 67.3 Å². The number of aromatic amines is 1. The number of fused-ring (bicyclic) bond motifs is 6. The summed E-state index contributed by atoms with van der Waals surface area (Å²) in [7, 11) is 0. The van der Waals surface area contributed by atoms with E-state index in [1.807, 2.05) is 42.7 Å². The Balaban J connectivity index is 2.04. The molecule has 0 unspecified atom stereocenters. The fraction of sp³-hybridized carbons (Fsp3) is 0. The third kappa shape index (κ3) is 1.40. The van der Waals surface area contributed by atoms with Crippen LogP contribution in [0.15, 0.2) is 49.1 Å². The van der Waals surface area contributed by atoms with Crippen LogP contribution in [0.1, 0.15) is 0 Å². The molecule has 0 aliphatic carbocycles. The number of hydrogen-bond acceptors (Lipinski definition) is 4. The molecular formula is C16H9N5. The van der Waals surface area contributed by atoms with Crippen LogP contribution in [0.2, 0.25) is 0 Å². The molecule has 0 saturated heterocycles. The molecule has 0 saturated carbocycles. The summed E-state index contributed by atoms with van der Waals surface area (Å²) in [4.78, 5) is 21.0. The molecule has 0 aliphatic heterocycles. The van der Waals surface area contributed by atoms with Gasteiger partial charge in [0.05, 0.1) is 33.1 Å². The van der Waals surface area contributed by atoms with Crippen LogP contribution in [-0.4, -0.2) is 24.9 Å². The lowest BCUT2D eigenvalue weighted by Crippen LogP contribution is -1.91. The second-order valence-electron chi connectivity index (χ2n) is 5.00. The van der Waals surface area contributed by atoms with E-state index in [0.29, 0.717) is 0 Å². The molecule has 0 atom stereocenters. The number of nitrogens with one attached hydrogen (secondary N) is 1. The Morgan fingerprint density at radius 1 is 0.857 bits per heavy atom. The van der Waals surface area contributed by atoms with Crippen molar-refractivity contribution in [2.75, 3.05) is 0 Å². The first-order chi connectivity index (χ1) is 10.4. The summed E-state index contributed by atoms with van der Waals surface area (Å²) >= 11 is 0. The molecule has 21 heavy (non-hydrogen) atoms. The van der Waals surface area contributed by atoms with E-state index in [-0.39, 0.29) is 0 Å². The minimum atomic E-state index is 0.887. The van der Waals surface area contributed by atoms with Crippen LogP contribution in [0.5, 0.6) is 0 Å². The summed E-state index contributed by atoms with van der Waals surface area (Å²) in [5, 5.41) is 2.06. The van der Waals surface area contributed by atoms with E-state index < -0.39 is 0 Å². The molecule has 0 bridgehead atoms. The van der Waals surface area contributed by atoms with Crippen molar-refractivity contribution in [1.29, 1.82) is 0 Å². The Morgan fingerprint density at radius 2 is 1.81 bits per heavy atom. The van der Waals surface area contributed by atoms with E-state index in [2.05, 4.69) is 19.9 Å². The standard InChI is InChI=1S/C16H9N5/c1-2-13-16(14-9(1)7-17-8-19-14)21-12-4-3-11-10(5-6-18-11)15(12)20-13/h1-8,21H. The lowest BCUT2D eigenvalue weighted by atomic mass is 10.1. The number of rotatable bonds is 0. The maximum atomic E-state index is 4.80. The summed E-state index contributed by atoms with van der Waals surface area (Å²) < 4.78 is 0. The number of nitrogens with zero attached hydrogens (tertiary/aromatic N) is 4. The molecule has 98 valence electrons. The van der Waals surface area contributed by atoms with Gasteiger partial charge in [-0.05, 0) is 30.3 Å². The van der Waals surface area contributed by atoms with Crippen LogP contribution >= 0.6 is 0 Å². The molecule has 2 aromatic carbocycles. The number of H-pyrrole nitrogens is 1. The zero-order valence-corrected chi connectivity index (χ0v) is 10.9. The highest BCUT2D eigenvalue weighted by molar-refractivity contribution is 6.08. The van der Waals surface area contributed by atoms with Gasteiger partial charge in [0, 0.05) is 23.2 Å². The van der Waals surface area contributed by atoms with Gasteiger partial charge in [-0.15, -0.1) is 0 Å². The molecule has 1 N–H and O–H groups in total. The first kappa shape index (κ1) is 10.7. The maximum absolute atomic E-state index is 4.80. The lowest BCUT2D eigenvalue weighted by Gasteiger charge is -2.06. The normalized spacial score (nSPS) is 11.8. The first-order valence-corrected chi connectivity index (χ1v) is 6.66. The monoisotopic (exact) mass is 271 g/mol. The van der Waals surface area contributed by atoms with Crippen molar-refractivity contribution >= 4 is 43.9 Å². The van der Waals surface area contributed by atoms with Crippen LogP contribution in [0.3, 0.4) is 0 Å². The van der Waals surface area contributed by atoms with Gasteiger partial charge in [0.25, 0.3) is 0 Å². The van der Waals surface area contributed by atoms with Gasteiger partial charge in [-0.3, -0.25) is 4.98 Å². The second kappa shape index (κ2) is 3.73. The van der Waals surface area contributed by atoms with Crippen molar-refractivity contribution in [2.45, 2.75) is 0 Å². The molecule has 5 nitrogen and oxygen atoms in total. The van der Waals surface area contributed by atoms with Gasteiger partial charge in [0.15, 0.2) is 0 Å². The van der Waals surface area contributed by atoms with Gasteiger partial charge in [0.2, 0.25) is 0 Å². The van der Waals surface area contributed by atoms with Crippen molar-refractivity contribution in [2.24, 2.45) is 0 Å². The highest BCUT2D eigenvalue weighted by Gasteiger charge is 2.08. The second-order valence-corrected chi connectivity index (χ2v) is 5.00. The van der Waals surface area contributed by atoms with Crippen LogP contribution in [0.4, 0.5) is 0 Å². The molecular weight excluding hydrogens is 262 g/mol. The SMILES string of the molecule is c1cc2c(ccc3[nH]c4c(ccc5cncnc54)nc32)n1. The van der Waals surface area contributed by atoms with Crippen molar-refractivity contribution in [1.82, 2.24) is 24.9 Å². The van der Waals surface area contributed by atoms with Gasteiger partial charge in [-0.25, -0.2) is 15.0 Å². The largest absolute Gasteiger partial charge is 0.350 e. The van der Waals surface area contributed by atoms with Gasteiger partial charge in [-0.1, -0.05) is 0 Å². The summed E-state index contributed by atoms with van der Waals surface area (Å²) in [6, 6.07) is 9.99. The van der Waals surface area contributed by atoms with Gasteiger partial charge in [0.1, 0.15) is 6.33 Å². The van der Waals surface area contributed by atoms with Crippen LogP contribution in [0, 0.1) is 0 Å². The molecule has 0 aliphatic rings. The van der Waals surface area contributed by atoms with E-state index >= 15 is 0 Å². The Morgan fingerprint density at radius 3 is 2.81 bits per heavy atom. The molecule has 3 heterocycles. The van der Waals surface area contributed by atoms with E-state index in [9.17, 15) is 0 Å². The molecule has 5 rings (SSSR count). The quantitative estimate of drug-likeness (QED) is 0.347. The maximum Gasteiger partial charge on any atom is 0.116 e. The Kier molecular flexibility index (Phi) is 1.90. The van der Waals surface area contributed by atoms with Crippen molar-refractivity contribution in [3.63, 3.8) is 0 Å². The predicted octanol–water partition coefficient (Wildman–Crippen LogP) is 3.21. The van der Waals surface area contributed by atoms with E-state index in [4.69, 9.17) is 4.98 Å². The fourth-order valence-corrected chi connectivity index (χ4v) is 2.80. The molecule has 5 aromatic rings. The molecule has 0 spiro atoms. The summed E-state index contributed by atoms with van der Waals surface area (Å²) in [5.74, 6) is 0. The van der Waals surface area contributed by atoms with Crippen molar-refractivity contribution < 1.29 is 0 Å². The zero-order chi connectivity index (χ0) is 13.8. The van der Waals surface area contributed by atoms with Gasteiger partial charge < -0.3 is 4.98 Å². The fourth-order valence-electron chi connectivity index (χ4n) is 2.80. The first-order valence-electron chi connectivity index (χ1n) is 6.66. The highest BCUT2D eigenvalue weighted by Crippen LogP contribution is 2.26. The number of benzene rings is 2. The minimum Gasteiger partial charge on any atom is -0.350 e. The molecule has 3 aromatic heterocycles. The summed E-state index contributed by atoms with van der Waals surface area (Å²) in [5.41, 5.74) is 5.59. The Labute approximate surface area is 118 Å². The third-order valence-corrected chi connectivity index (χ3v) is 3.80. The van der Waals surface area contributed by atoms with Crippen LogP contribution in [-0.2, 0) is 0 Å². The van der Waals surface area contributed by atoms with Gasteiger partial charge in [-0.2, -0.15) is 0 Å². The Bertz CT molecular complexity index is 1140. The predicted molar refractivity (Wildman–Crippen MR) is 82.0 cm³/mol. The zero-order valence-electron chi connectivity index (χ0n) is 10.9. The molecule has 0 radical (unpaired) electrons. The summed E-state index contributed by atoms with van der Waals surface area (Å²) in [6.07, 6.45) is 5.18. The highest BCUT2D eigenvalue weighted by atomic mass is 14.9. The van der Waals surface area contributed by atoms with E-state index in [1.165, 1.54) is 0 Å². The Hall–Kier alpha value is -3.08. The van der Waals surface area contributed by atoms with E-state index in [1.54, 1.807) is 6.33 Å². The van der Waals surface area contributed by atoms with E-state index in [0.717, 1.165) is 43.9 Å². The number of aromatic nitrogens is 5. The van der Waals surface area contributed by atoms with Crippen LogP contribution < -0.4 is 0 Å². The lowest BCUT2D eigenvalue weighted by molar-refractivity contribution is 1.22. The average molecular weight is 271 g/mol. The molecule has 0 amide bonds. The van der Waals surface area contributed by atoms with Gasteiger partial charge >= 0.3 is 0 Å². The molecule has 0 fully saturated rings. The van der Waals surface area contributed by atoms with Crippen LogP contribution in [0.25, 0.3) is 43.9 Å². The minimum absolute atomic E-state index is 0.887. The third-order valence-electron chi connectivity index (χ3n) is 3.80. The smallest absolute Gasteiger partial charge is 0.116 e. The average Bonchev–Trinajstić information content (AvgIpc) is 3.02.